The van der Waals surface area contributed by atoms with Crippen molar-refractivity contribution in [3.8, 4) is 0 Å². The van der Waals surface area contributed by atoms with Gasteiger partial charge >= 0.3 is 6.18 Å². The first-order chi connectivity index (χ1) is 5.90. The van der Waals surface area contributed by atoms with Crippen LogP contribution < -0.4 is 5.73 Å². The zero-order chi connectivity index (χ0) is 10.5. The lowest BCUT2D eigenvalue weighted by molar-refractivity contribution is -0.138. The molecule has 0 aromatic heterocycles. The Labute approximate surface area is 72.2 Å². The van der Waals surface area contributed by atoms with Crippen LogP contribution in [0, 0.1) is 0 Å². The molecule has 78 valence electrons. The summed E-state index contributed by atoms with van der Waals surface area (Å²) in [7, 11) is 0. The largest absolute Gasteiger partial charge is 0.408 e. The summed E-state index contributed by atoms with van der Waals surface area (Å²) in [4.78, 5) is 0.514. The molecule has 0 spiro atoms. The SMILES string of the molecule is NC(=NO)N(CCO)CC(F)(F)F. The number of aliphatic hydroxyl groups is 1. The molecule has 0 unspecified atom stereocenters. The smallest absolute Gasteiger partial charge is 0.406 e. The Kier molecular flexibility index (Phi) is 4.32. The molecule has 0 heterocycles. The van der Waals surface area contributed by atoms with Crippen molar-refractivity contribution in [2.45, 2.75) is 6.18 Å². The fourth-order valence-corrected chi connectivity index (χ4v) is 0.675. The Morgan fingerprint density at radius 2 is 2.00 bits per heavy atom. The molecule has 0 atom stereocenters. The molecule has 0 aromatic carbocycles. The summed E-state index contributed by atoms with van der Waals surface area (Å²) < 4.78 is 35.4. The second kappa shape index (κ2) is 4.75. The van der Waals surface area contributed by atoms with Gasteiger partial charge < -0.3 is 20.9 Å². The van der Waals surface area contributed by atoms with Crippen LogP contribution in [-0.4, -0.2) is 47.0 Å². The van der Waals surface area contributed by atoms with Gasteiger partial charge in [0, 0.05) is 6.54 Å². The van der Waals surface area contributed by atoms with Crippen molar-refractivity contribution >= 4 is 5.96 Å². The molecule has 0 aliphatic rings. The highest BCUT2D eigenvalue weighted by Gasteiger charge is 2.31. The van der Waals surface area contributed by atoms with Crippen molar-refractivity contribution in [3.63, 3.8) is 0 Å². The second-order valence-corrected chi connectivity index (χ2v) is 2.22. The summed E-state index contributed by atoms with van der Waals surface area (Å²) in [6, 6.07) is 0. The van der Waals surface area contributed by atoms with Crippen LogP contribution in [0.5, 0.6) is 0 Å². The minimum atomic E-state index is -4.45. The zero-order valence-corrected chi connectivity index (χ0v) is 6.62. The van der Waals surface area contributed by atoms with Gasteiger partial charge in [-0.2, -0.15) is 13.2 Å². The molecule has 0 fully saturated rings. The first kappa shape index (κ1) is 11.8. The van der Waals surface area contributed by atoms with Crippen LogP contribution in [0.25, 0.3) is 0 Å². The molecule has 0 saturated heterocycles. The number of guanidine groups is 1. The molecule has 0 radical (unpaired) electrons. The molecule has 13 heavy (non-hydrogen) atoms. The summed E-state index contributed by atoms with van der Waals surface area (Å²) >= 11 is 0. The Balaban J connectivity index is 4.26. The zero-order valence-electron chi connectivity index (χ0n) is 6.62. The molecular formula is C5H10F3N3O2. The fourth-order valence-electron chi connectivity index (χ4n) is 0.675. The highest BCUT2D eigenvalue weighted by atomic mass is 19.4. The number of aliphatic hydroxyl groups excluding tert-OH is 1. The molecule has 0 rings (SSSR count). The minimum absolute atomic E-state index is 0.338. The van der Waals surface area contributed by atoms with E-state index < -0.39 is 25.3 Å². The van der Waals surface area contributed by atoms with Crippen molar-refractivity contribution in [3.05, 3.63) is 0 Å². The van der Waals surface area contributed by atoms with E-state index in [1.807, 2.05) is 0 Å². The van der Waals surface area contributed by atoms with Crippen LogP contribution in [0.3, 0.4) is 0 Å². The van der Waals surface area contributed by atoms with Gasteiger partial charge in [0.05, 0.1) is 6.61 Å². The van der Waals surface area contributed by atoms with Crippen LogP contribution in [-0.2, 0) is 0 Å². The van der Waals surface area contributed by atoms with Crippen LogP contribution in [0.15, 0.2) is 5.16 Å². The highest BCUT2D eigenvalue weighted by Crippen LogP contribution is 2.15. The second-order valence-electron chi connectivity index (χ2n) is 2.22. The maximum Gasteiger partial charge on any atom is 0.406 e. The lowest BCUT2D eigenvalue weighted by Crippen LogP contribution is -2.44. The third kappa shape index (κ3) is 5.12. The van der Waals surface area contributed by atoms with E-state index in [1.54, 1.807) is 0 Å². The quantitative estimate of drug-likeness (QED) is 0.250. The summed E-state index contributed by atoms with van der Waals surface area (Å²) in [6.45, 7) is -2.20. The van der Waals surface area contributed by atoms with E-state index >= 15 is 0 Å². The van der Waals surface area contributed by atoms with Gasteiger partial charge in [0.15, 0.2) is 0 Å². The normalized spacial score (nSPS) is 13.1. The Morgan fingerprint density at radius 3 is 2.31 bits per heavy atom. The number of hydrogen-bond donors (Lipinski definition) is 3. The molecule has 0 aromatic rings. The van der Waals surface area contributed by atoms with Crippen LogP contribution >= 0.6 is 0 Å². The topological polar surface area (TPSA) is 82.1 Å². The number of oxime groups is 1. The van der Waals surface area contributed by atoms with Crippen LogP contribution in [0.2, 0.25) is 0 Å². The maximum atomic E-state index is 11.8. The Bertz CT molecular complexity index is 182. The van der Waals surface area contributed by atoms with Crippen LogP contribution in [0.1, 0.15) is 0 Å². The van der Waals surface area contributed by atoms with E-state index in [0.29, 0.717) is 4.90 Å². The molecule has 0 aliphatic heterocycles. The van der Waals surface area contributed by atoms with Gasteiger partial charge in [-0.15, -0.1) is 0 Å². The van der Waals surface area contributed by atoms with E-state index in [2.05, 4.69) is 5.16 Å². The number of rotatable bonds is 3. The summed E-state index contributed by atoms with van der Waals surface area (Å²) in [6.07, 6.45) is -4.45. The van der Waals surface area contributed by atoms with E-state index in [-0.39, 0.29) is 6.54 Å². The van der Waals surface area contributed by atoms with Gasteiger partial charge in [0.25, 0.3) is 0 Å². The minimum Gasteiger partial charge on any atom is -0.408 e. The summed E-state index contributed by atoms with van der Waals surface area (Å²) in [5, 5.41) is 18.9. The fraction of sp³-hybridized carbons (Fsp3) is 0.800. The molecule has 0 bridgehead atoms. The van der Waals surface area contributed by atoms with E-state index in [1.165, 1.54) is 0 Å². The molecule has 0 saturated carbocycles. The predicted octanol–water partition coefficient (Wildman–Crippen LogP) is -0.453. The number of halogens is 3. The van der Waals surface area contributed by atoms with Crippen molar-refractivity contribution < 1.29 is 23.5 Å². The molecule has 5 nitrogen and oxygen atoms in total. The third-order valence-electron chi connectivity index (χ3n) is 1.17. The highest BCUT2D eigenvalue weighted by molar-refractivity contribution is 5.77. The first-order valence-corrected chi connectivity index (χ1v) is 3.31. The van der Waals surface area contributed by atoms with Crippen LogP contribution in [0.4, 0.5) is 13.2 Å². The Morgan fingerprint density at radius 1 is 1.46 bits per heavy atom. The third-order valence-corrected chi connectivity index (χ3v) is 1.17. The molecule has 4 N–H and O–H groups in total. The van der Waals surface area contributed by atoms with Gasteiger partial charge in [-0.05, 0) is 0 Å². The van der Waals surface area contributed by atoms with Gasteiger partial charge in [-0.25, -0.2) is 0 Å². The number of nitrogens with two attached hydrogens (primary N) is 1. The average Bonchev–Trinajstić information content (AvgIpc) is 2.00. The lowest BCUT2D eigenvalue weighted by atomic mass is 10.5. The monoisotopic (exact) mass is 201 g/mol. The van der Waals surface area contributed by atoms with Crippen molar-refractivity contribution in [1.82, 2.24) is 4.90 Å². The molecule has 0 aliphatic carbocycles. The number of alkyl halides is 3. The summed E-state index contributed by atoms with van der Waals surface area (Å²) in [5.74, 6) is -0.675. The van der Waals surface area contributed by atoms with Gasteiger partial charge in [0.1, 0.15) is 6.54 Å². The van der Waals surface area contributed by atoms with E-state index in [9.17, 15) is 13.2 Å². The average molecular weight is 201 g/mol. The number of hydrogen-bond acceptors (Lipinski definition) is 3. The number of nitrogens with zero attached hydrogens (tertiary/aromatic N) is 2. The van der Waals surface area contributed by atoms with Gasteiger partial charge in [-0.3, -0.25) is 0 Å². The van der Waals surface area contributed by atoms with E-state index in [4.69, 9.17) is 16.0 Å². The van der Waals surface area contributed by atoms with E-state index in [0.717, 1.165) is 0 Å². The van der Waals surface area contributed by atoms with Crippen molar-refractivity contribution in [1.29, 1.82) is 0 Å². The van der Waals surface area contributed by atoms with Gasteiger partial charge in [0.2, 0.25) is 5.96 Å². The maximum absolute atomic E-state index is 11.8. The standard InChI is InChI=1S/C5H10F3N3O2/c6-5(7,8)3-11(1-2-12)4(9)10-13/h12-13H,1-3H2,(H2,9,10). The molecular weight excluding hydrogens is 191 g/mol. The van der Waals surface area contributed by atoms with Crippen molar-refractivity contribution in [2.24, 2.45) is 10.9 Å². The summed E-state index contributed by atoms with van der Waals surface area (Å²) in [5.41, 5.74) is 4.93. The van der Waals surface area contributed by atoms with Crippen molar-refractivity contribution in [2.75, 3.05) is 19.7 Å². The van der Waals surface area contributed by atoms with Gasteiger partial charge in [-0.1, -0.05) is 5.16 Å². The lowest BCUT2D eigenvalue weighted by Gasteiger charge is -2.22. The molecule has 8 heteroatoms. The first-order valence-electron chi connectivity index (χ1n) is 3.31. The Hall–Kier alpha value is -1.18. The molecule has 0 amide bonds. The predicted molar refractivity (Wildman–Crippen MR) is 38.1 cm³/mol.